The number of hydrazone groups is 1. The molecular formula is C21H13Cl3N4. The van der Waals surface area contributed by atoms with E-state index in [9.17, 15) is 0 Å². The summed E-state index contributed by atoms with van der Waals surface area (Å²) in [6.07, 6.45) is 1.59. The largest absolute Gasteiger partial charge is 0.245 e. The van der Waals surface area contributed by atoms with Crippen LogP contribution in [0.25, 0.3) is 22.2 Å². The number of nitrogens with one attached hydrogen (secondary N) is 1. The van der Waals surface area contributed by atoms with Gasteiger partial charge in [-0.2, -0.15) is 5.10 Å². The summed E-state index contributed by atoms with van der Waals surface area (Å²) in [6.45, 7) is 0. The van der Waals surface area contributed by atoms with E-state index in [0.717, 1.165) is 27.7 Å². The SMILES string of the molecule is Clc1ccc(/C=N/Nc2nc(-c3ccccc3)c3cc(Cl)ccc3n2)c(Cl)c1. The molecule has 4 rings (SSSR count). The van der Waals surface area contributed by atoms with E-state index < -0.39 is 0 Å². The molecule has 4 nitrogen and oxygen atoms in total. The summed E-state index contributed by atoms with van der Waals surface area (Å²) in [6, 6.07) is 20.6. The van der Waals surface area contributed by atoms with Gasteiger partial charge < -0.3 is 0 Å². The van der Waals surface area contributed by atoms with Crippen molar-refractivity contribution in [2.45, 2.75) is 0 Å². The number of halogens is 3. The Morgan fingerprint density at radius 2 is 1.57 bits per heavy atom. The third kappa shape index (κ3) is 4.09. The number of nitrogens with zero attached hydrogens (tertiary/aromatic N) is 3. The molecule has 0 fully saturated rings. The molecule has 0 bridgehead atoms. The van der Waals surface area contributed by atoms with Crippen molar-refractivity contribution in [2.24, 2.45) is 5.10 Å². The molecule has 0 atom stereocenters. The van der Waals surface area contributed by atoms with Crippen LogP contribution in [0.3, 0.4) is 0 Å². The molecular weight excluding hydrogens is 415 g/mol. The summed E-state index contributed by atoms with van der Waals surface area (Å²) in [4.78, 5) is 9.15. The zero-order chi connectivity index (χ0) is 19.5. The van der Waals surface area contributed by atoms with Crippen molar-refractivity contribution in [3.63, 3.8) is 0 Å². The number of hydrogen-bond donors (Lipinski definition) is 1. The molecule has 1 heterocycles. The predicted molar refractivity (Wildman–Crippen MR) is 118 cm³/mol. The van der Waals surface area contributed by atoms with Gasteiger partial charge >= 0.3 is 0 Å². The number of rotatable bonds is 4. The van der Waals surface area contributed by atoms with Crippen LogP contribution in [0, 0.1) is 0 Å². The quantitative estimate of drug-likeness (QED) is 0.291. The molecule has 0 aliphatic heterocycles. The molecule has 1 aromatic heterocycles. The molecule has 0 spiro atoms. The first kappa shape index (κ1) is 18.7. The van der Waals surface area contributed by atoms with Crippen LogP contribution in [0.1, 0.15) is 5.56 Å². The fourth-order valence-electron chi connectivity index (χ4n) is 2.73. The number of fused-ring (bicyclic) bond motifs is 1. The van der Waals surface area contributed by atoms with Crippen molar-refractivity contribution in [2.75, 3.05) is 5.43 Å². The fourth-order valence-corrected chi connectivity index (χ4v) is 3.36. The Morgan fingerprint density at radius 3 is 2.36 bits per heavy atom. The average Bonchev–Trinajstić information content (AvgIpc) is 2.70. The van der Waals surface area contributed by atoms with E-state index in [2.05, 4.69) is 20.5 Å². The zero-order valence-corrected chi connectivity index (χ0v) is 16.7. The number of hydrogen-bond acceptors (Lipinski definition) is 4. The van der Waals surface area contributed by atoms with Gasteiger partial charge in [-0.1, -0.05) is 71.2 Å². The maximum Gasteiger partial charge on any atom is 0.244 e. The van der Waals surface area contributed by atoms with E-state index in [0.29, 0.717) is 21.0 Å². The Morgan fingerprint density at radius 1 is 0.821 bits per heavy atom. The van der Waals surface area contributed by atoms with Gasteiger partial charge in [0.1, 0.15) is 0 Å². The van der Waals surface area contributed by atoms with E-state index in [-0.39, 0.29) is 0 Å². The predicted octanol–water partition coefficient (Wildman–Crippen LogP) is 6.70. The molecule has 3 aromatic carbocycles. The smallest absolute Gasteiger partial charge is 0.244 e. The number of benzene rings is 3. The van der Waals surface area contributed by atoms with Gasteiger partial charge in [-0.25, -0.2) is 15.4 Å². The lowest BCUT2D eigenvalue weighted by atomic mass is 10.1. The van der Waals surface area contributed by atoms with Crippen LogP contribution in [0.2, 0.25) is 15.1 Å². The van der Waals surface area contributed by atoms with Gasteiger partial charge in [-0.05, 0) is 30.3 Å². The van der Waals surface area contributed by atoms with Gasteiger partial charge in [0.2, 0.25) is 5.95 Å². The van der Waals surface area contributed by atoms with Crippen LogP contribution in [0.4, 0.5) is 5.95 Å². The second-order valence-corrected chi connectivity index (χ2v) is 7.24. The molecule has 0 saturated heterocycles. The molecule has 138 valence electrons. The van der Waals surface area contributed by atoms with E-state index in [1.807, 2.05) is 42.5 Å². The zero-order valence-electron chi connectivity index (χ0n) is 14.4. The molecule has 0 aliphatic carbocycles. The highest BCUT2D eigenvalue weighted by atomic mass is 35.5. The van der Waals surface area contributed by atoms with Gasteiger partial charge in [0.25, 0.3) is 0 Å². The summed E-state index contributed by atoms with van der Waals surface area (Å²) >= 11 is 18.3. The van der Waals surface area contributed by atoms with Crippen LogP contribution in [-0.2, 0) is 0 Å². The topological polar surface area (TPSA) is 50.2 Å². The standard InChI is InChI=1S/C21H13Cl3N4/c22-15-8-9-19-17(10-15)20(13-4-2-1-3-5-13)27-21(26-19)28-25-12-14-6-7-16(23)11-18(14)24/h1-12H,(H,26,27,28)/b25-12+. The Hall–Kier alpha value is -2.66. The highest BCUT2D eigenvalue weighted by molar-refractivity contribution is 6.36. The molecule has 0 saturated carbocycles. The van der Waals surface area contributed by atoms with E-state index in [4.69, 9.17) is 34.8 Å². The Bertz CT molecular complexity index is 1180. The van der Waals surface area contributed by atoms with Crippen molar-refractivity contribution < 1.29 is 0 Å². The van der Waals surface area contributed by atoms with Crippen molar-refractivity contribution in [1.29, 1.82) is 0 Å². The molecule has 0 aliphatic rings. The van der Waals surface area contributed by atoms with Crippen LogP contribution < -0.4 is 5.43 Å². The van der Waals surface area contributed by atoms with E-state index >= 15 is 0 Å². The summed E-state index contributed by atoms with van der Waals surface area (Å²) in [5, 5.41) is 6.79. The molecule has 28 heavy (non-hydrogen) atoms. The summed E-state index contributed by atoms with van der Waals surface area (Å²) < 4.78 is 0. The van der Waals surface area contributed by atoms with Crippen LogP contribution in [-0.4, -0.2) is 16.2 Å². The minimum absolute atomic E-state index is 0.370. The number of anilines is 1. The monoisotopic (exact) mass is 426 g/mol. The second kappa shape index (κ2) is 8.15. The lowest BCUT2D eigenvalue weighted by Gasteiger charge is -2.09. The van der Waals surface area contributed by atoms with Crippen molar-refractivity contribution in [3.8, 4) is 11.3 Å². The van der Waals surface area contributed by atoms with Crippen LogP contribution >= 0.6 is 34.8 Å². The van der Waals surface area contributed by atoms with Gasteiger partial charge in [0, 0.05) is 26.6 Å². The summed E-state index contributed by atoms with van der Waals surface area (Å²) in [5.74, 6) is 0.370. The molecule has 7 heteroatoms. The average molecular weight is 428 g/mol. The van der Waals surface area contributed by atoms with Crippen molar-refractivity contribution in [3.05, 3.63) is 87.4 Å². The first-order valence-corrected chi connectivity index (χ1v) is 9.50. The third-order valence-electron chi connectivity index (χ3n) is 4.04. The van der Waals surface area contributed by atoms with E-state index in [1.54, 1.807) is 30.5 Å². The minimum Gasteiger partial charge on any atom is -0.245 e. The van der Waals surface area contributed by atoms with Crippen LogP contribution in [0.5, 0.6) is 0 Å². The lowest BCUT2D eigenvalue weighted by molar-refractivity contribution is 1.16. The molecule has 0 radical (unpaired) electrons. The molecule has 4 aromatic rings. The summed E-state index contributed by atoms with van der Waals surface area (Å²) in [7, 11) is 0. The Labute approximate surface area is 176 Å². The first-order valence-electron chi connectivity index (χ1n) is 8.37. The fraction of sp³-hybridized carbons (Fsp3) is 0. The highest BCUT2D eigenvalue weighted by Crippen LogP contribution is 2.29. The third-order valence-corrected chi connectivity index (χ3v) is 4.83. The van der Waals surface area contributed by atoms with Crippen molar-refractivity contribution >= 4 is 57.9 Å². The maximum absolute atomic E-state index is 6.18. The molecule has 0 unspecified atom stereocenters. The van der Waals surface area contributed by atoms with Crippen molar-refractivity contribution in [1.82, 2.24) is 9.97 Å². The van der Waals surface area contributed by atoms with Gasteiger partial charge in [0.15, 0.2) is 0 Å². The van der Waals surface area contributed by atoms with Gasteiger partial charge in [0.05, 0.1) is 22.4 Å². The van der Waals surface area contributed by atoms with E-state index in [1.165, 1.54) is 0 Å². The van der Waals surface area contributed by atoms with Crippen LogP contribution in [0.15, 0.2) is 71.8 Å². The highest BCUT2D eigenvalue weighted by Gasteiger charge is 2.10. The first-order chi connectivity index (χ1) is 13.6. The van der Waals surface area contributed by atoms with Gasteiger partial charge in [-0.3, -0.25) is 0 Å². The van der Waals surface area contributed by atoms with Gasteiger partial charge in [-0.15, -0.1) is 0 Å². The second-order valence-electron chi connectivity index (χ2n) is 5.96. The minimum atomic E-state index is 0.370. The maximum atomic E-state index is 6.18. The Balaban J connectivity index is 1.71. The molecule has 0 amide bonds. The Kier molecular flexibility index (Phi) is 5.44. The lowest BCUT2D eigenvalue weighted by Crippen LogP contribution is -2.00. The normalized spacial score (nSPS) is 11.2. The molecule has 1 N–H and O–H groups in total. The summed E-state index contributed by atoms with van der Waals surface area (Å²) in [5.41, 5.74) is 6.11. The number of aromatic nitrogens is 2.